The summed E-state index contributed by atoms with van der Waals surface area (Å²) in [6.07, 6.45) is 5.31. The fourth-order valence-corrected chi connectivity index (χ4v) is 5.86. The minimum Gasteiger partial charge on any atom is -0.481 e. The number of hydrogen-bond acceptors (Lipinski definition) is 8. The first kappa shape index (κ1) is 25.6. The zero-order valence-electron chi connectivity index (χ0n) is 21.6. The van der Waals surface area contributed by atoms with E-state index in [0.717, 1.165) is 32.4 Å². The van der Waals surface area contributed by atoms with Gasteiger partial charge in [-0.25, -0.2) is 4.98 Å². The van der Waals surface area contributed by atoms with Gasteiger partial charge in [0.05, 0.1) is 31.4 Å². The highest BCUT2D eigenvalue weighted by molar-refractivity contribution is 5.81. The summed E-state index contributed by atoms with van der Waals surface area (Å²) < 4.78 is 10.5. The number of hydrogen-bond donors (Lipinski definition) is 2. The van der Waals surface area contributed by atoms with Crippen LogP contribution in [-0.2, 0) is 9.53 Å². The number of methoxy groups -OCH3 is 2. The number of ether oxygens (including phenoxy) is 2. The zero-order chi connectivity index (χ0) is 25.8. The zero-order valence-corrected chi connectivity index (χ0v) is 21.6. The normalized spacial score (nSPS) is 25.2. The molecule has 3 heterocycles. The van der Waals surface area contributed by atoms with Crippen molar-refractivity contribution in [2.45, 2.75) is 55.7 Å². The summed E-state index contributed by atoms with van der Waals surface area (Å²) >= 11 is 0. The van der Waals surface area contributed by atoms with Crippen molar-refractivity contribution < 1.29 is 19.4 Å². The molecule has 0 amide bonds. The molecule has 2 fully saturated rings. The van der Waals surface area contributed by atoms with E-state index in [1.807, 2.05) is 6.07 Å². The molecule has 0 radical (unpaired) electrons. The van der Waals surface area contributed by atoms with Crippen molar-refractivity contribution in [3.63, 3.8) is 0 Å². The topological polar surface area (TPSA) is 96.8 Å². The molecule has 1 saturated heterocycles. The van der Waals surface area contributed by atoms with Crippen molar-refractivity contribution in [1.29, 1.82) is 0 Å². The molecule has 8 heteroatoms. The fraction of sp³-hybridized carbons (Fsp3) is 0.483. The Balaban J connectivity index is 1.25. The van der Waals surface area contributed by atoms with Crippen molar-refractivity contribution in [1.82, 2.24) is 20.2 Å². The second-order valence-electron chi connectivity index (χ2n) is 10.2. The maximum absolute atomic E-state index is 13.1. The number of aliphatic hydroxyl groups is 1. The van der Waals surface area contributed by atoms with Crippen molar-refractivity contribution in [2.24, 2.45) is 0 Å². The van der Waals surface area contributed by atoms with Crippen LogP contribution in [0.2, 0.25) is 0 Å². The number of aromatic nitrogens is 2. The number of carbonyl (C=O) groups excluding carboxylic acids is 1. The van der Waals surface area contributed by atoms with Crippen LogP contribution in [0.5, 0.6) is 5.88 Å². The van der Waals surface area contributed by atoms with Gasteiger partial charge in [0, 0.05) is 37.0 Å². The standard InChI is InChI=1S/C29H36N4O4/c1-36-26-10-9-24-27(32-26)23(11-14-30-24)25(34)19-31-29(28(35)37-2)12-6-15-33(16-13-29)22-17-21(18-22)20-7-4-3-5-8-20/h3-5,7-11,14,21-22,25,31,34H,6,12-13,15-19H2,1-2H3/t21?,22?,25-,29?/m0/s1. The van der Waals surface area contributed by atoms with Gasteiger partial charge in [0.2, 0.25) is 5.88 Å². The van der Waals surface area contributed by atoms with Crippen molar-refractivity contribution in [3.8, 4) is 5.88 Å². The molecule has 1 unspecified atom stereocenters. The Hall–Kier alpha value is -3.07. The number of nitrogens with one attached hydrogen (secondary N) is 1. The van der Waals surface area contributed by atoms with Gasteiger partial charge in [-0.1, -0.05) is 30.3 Å². The van der Waals surface area contributed by atoms with Crippen molar-refractivity contribution in [3.05, 3.63) is 65.9 Å². The second-order valence-corrected chi connectivity index (χ2v) is 10.2. The monoisotopic (exact) mass is 504 g/mol. The molecule has 5 rings (SSSR count). The second kappa shape index (κ2) is 11.1. The maximum atomic E-state index is 13.1. The van der Waals surface area contributed by atoms with Crippen LogP contribution in [0.15, 0.2) is 54.7 Å². The first-order chi connectivity index (χ1) is 18.0. The third-order valence-corrected chi connectivity index (χ3v) is 8.14. The number of pyridine rings is 2. The largest absolute Gasteiger partial charge is 0.481 e. The molecule has 196 valence electrons. The molecular formula is C29H36N4O4. The lowest BCUT2D eigenvalue weighted by Crippen LogP contribution is -2.54. The Kier molecular flexibility index (Phi) is 7.69. The molecule has 1 aliphatic carbocycles. The minimum atomic E-state index is -0.871. The van der Waals surface area contributed by atoms with Crippen LogP contribution in [0.1, 0.15) is 55.3 Å². The highest BCUT2D eigenvalue weighted by atomic mass is 16.5. The molecule has 0 spiro atoms. The number of nitrogens with zero attached hydrogens (tertiary/aromatic N) is 3. The highest BCUT2D eigenvalue weighted by Crippen LogP contribution is 2.41. The van der Waals surface area contributed by atoms with E-state index in [2.05, 4.69) is 50.5 Å². The smallest absolute Gasteiger partial charge is 0.326 e. The van der Waals surface area contributed by atoms with Crippen molar-refractivity contribution in [2.75, 3.05) is 33.9 Å². The van der Waals surface area contributed by atoms with Gasteiger partial charge in [-0.15, -0.1) is 0 Å². The summed E-state index contributed by atoms with van der Waals surface area (Å²) in [6, 6.07) is 16.6. The lowest BCUT2D eigenvalue weighted by Gasteiger charge is -2.43. The van der Waals surface area contributed by atoms with Crippen LogP contribution >= 0.6 is 0 Å². The van der Waals surface area contributed by atoms with Crippen LogP contribution in [0.25, 0.3) is 11.0 Å². The van der Waals surface area contributed by atoms with Crippen LogP contribution in [0.4, 0.5) is 0 Å². The van der Waals surface area contributed by atoms with Gasteiger partial charge < -0.3 is 19.5 Å². The van der Waals surface area contributed by atoms with E-state index in [1.54, 1.807) is 25.4 Å². The molecule has 1 saturated carbocycles. The predicted molar refractivity (Wildman–Crippen MR) is 141 cm³/mol. The molecule has 2 N–H and O–H groups in total. The van der Waals surface area contributed by atoms with E-state index in [1.165, 1.54) is 12.7 Å². The van der Waals surface area contributed by atoms with Gasteiger partial charge in [0.1, 0.15) is 5.54 Å². The Morgan fingerprint density at radius 3 is 2.70 bits per heavy atom. The molecule has 2 atom stereocenters. The first-order valence-corrected chi connectivity index (χ1v) is 13.1. The lowest BCUT2D eigenvalue weighted by atomic mass is 9.75. The molecule has 2 aliphatic rings. The summed E-state index contributed by atoms with van der Waals surface area (Å²) in [7, 11) is 3.00. The van der Waals surface area contributed by atoms with Gasteiger partial charge in [-0.2, -0.15) is 0 Å². The van der Waals surface area contributed by atoms with E-state index in [0.29, 0.717) is 47.3 Å². The Morgan fingerprint density at radius 2 is 1.95 bits per heavy atom. The average Bonchev–Trinajstić information content (AvgIpc) is 3.14. The summed E-state index contributed by atoms with van der Waals surface area (Å²) in [5.41, 5.74) is 2.51. The summed E-state index contributed by atoms with van der Waals surface area (Å²) in [4.78, 5) is 24.4. The number of aliphatic hydroxyl groups excluding tert-OH is 1. The highest BCUT2D eigenvalue weighted by Gasteiger charge is 2.43. The lowest BCUT2D eigenvalue weighted by molar-refractivity contribution is -0.149. The number of esters is 1. The van der Waals surface area contributed by atoms with Crippen LogP contribution < -0.4 is 10.1 Å². The summed E-state index contributed by atoms with van der Waals surface area (Å²) in [6.45, 7) is 1.99. The van der Waals surface area contributed by atoms with Gasteiger partial charge in [-0.05, 0) is 62.3 Å². The van der Waals surface area contributed by atoms with Gasteiger partial charge in [-0.3, -0.25) is 15.1 Å². The van der Waals surface area contributed by atoms with Gasteiger partial charge >= 0.3 is 5.97 Å². The summed E-state index contributed by atoms with van der Waals surface area (Å²) in [5.74, 6) is 0.814. The number of fused-ring (bicyclic) bond motifs is 1. The van der Waals surface area contributed by atoms with Gasteiger partial charge in [0.25, 0.3) is 0 Å². The average molecular weight is 505 g/mol. The number of β-amino-alcohol motifs (C(OH)–C–C–N with tert-alkyl or cyclic N) is 1. The quantitative estimate of drug-likeness (QED) is 0.449. The van der Waals surface area contributed by atoms with E-state index in [4.69, 9.17) is 9.47 Å². The third-order valence-electron chi connectivity index (χ3n) is 8.14. The van der Waals surface area contributed by atoms with Crippen LogP contribution in [0, 0.1) is 0 Å². The minimum absolute atomic E-state index is 0.201. The van der Waals surface area contributed by atoms with E-state index < -0.39 is 11.6 Å². The summed E-state index contributed by atoms with van der Waals surface area (Å²) in [5, 5.41) is 14.6. The van der Waals surface area contributed by atoms with Gasteiger partial charge in [0.15, 0.2) is 0 Å². The molecule has 8 nitrogen and oxygen atoms in total. The Bertz CT molecular complexity index is 1220. The van der Waals surface area contributed by atoms with Crippen molar-refractivity contribution >= 4 is 17.0 Å². The first-order valence-electron chi connectivity index (χ1n) is 13.1. The number of carbonyl (C=O) groups is 1. The Morgan fingerprint density at radius 1 is 1.14 bits per heavy atom. The van der Waals surface area contributed by atoms with E-state index >= 15 is 0 Å². The molecule has 37 heavy (non-hydrogen) atoms. The van der Waals surface area contributed by atoms with Crippen LogP contribution in [-0.4, -0.2) is 71.4 Å². The predicted octanol–water partition coefficient (Wildman–Crippen LogP) is 3.61. The molecule has 3 aromatic rings. The molecule has 0 bridgehead atoms. The maximum Gasteiger partial charge on any atom is 0.326 e. The molecule has 1 aromatic carbocycles. The number of benzene rings is 1. The van der Waals surface area contributed by atoms with E-state index in [-0.39, 0.29) is 12.5 Å². The number of likely N-dealkylation sites (tertiary alicyclic amines) is 1. The SMILES string of the molecule is COC(=O)C1(NC[C@H](O)c2ccnc3ccc(OC)nc23)CCCN(C2CC(c3ccccc3)C2)CC1. The third kappa shape index (κ3) is 5.32. The van der Waals surface area contributed by atoms with E-state index in [9.17, 15) is 9.90 Å². The Labute approximate surface area is 218 Å². The molecular weight excluding hydrogens is 468 g/mol. The molecule has 2 aromatic heterocycles. The fourth-order valence-electron chi connectivity index (χ4n) is 5.86. The molecule has 1 aliphatic heterocycles. The number of rotatable bonds is 8. The van der Waals surface area contributed by atoms with Crippen LogP contribution in [0.3, 0.4) is 0 Å².